The van der Waals surface area contributed by atoms with Crippen LogP contribution in [-0.4, -0.2) is 8.75 Å². The largest absolute Gasteiger partial charge is 0.173 e. The average molecular weight is 485 g/mol. The zero-order valence-electron chi connectivity index (χ0n) is 21.1. The average Bonchev–Trinajstić information content (AvgIpc) is 3.36. The van der Waals surface area contributed by atoms with E-state index in [-0.39, 0.29) is 0 Å². The summed E-state index contributed by atoms with van der Waals surface area (Å²) in [6.07, 6.45) is 40.4. The fourth-order valence-corrected chi connectivity index (χ4v) is 5.86. The number of nitrogens with zero attached hydrogens (tertiary/aromatic N) is 2. The molecule has 1 aromatic carbocycles. The number of allylic oxidation sites excluding steroid dienone is 12. The first kappa shape index (κ1) is 25.6. The van der Waals surface area contributed by atoms with Gasteiger partial charge in [-0.3, -0.25) is 0 Å². The van der Waals surface area contributed by atoms with Gasteiger partial charge in [0.1, 0.15) is 11.0 Å². The summed E-state index contributed by atoms with van der Waals surface area (Å²) in [6, 6.07) is 4.71. The van der Waals surface area contributed by atoms with Gasteiger partial charge in [0.05, 0.1) is 11.7 Å². The van der Waals surface area contributed by atoms with Crippen molar-refractivity contribution in [2.24, 2.45) is 0 Å². The molecule has 2 aliphatic rings. The van der Waals surface area contributed by atoms with Gasteiger partial charge in [-0.05, 0) is 41.9 Å². The van der Waals surface area contributed by atoms with Crippen molar-refractivity contribution >= 4 is 22.8 Å². The van der Waals surface area contributed by atoms with Gasteiger partial charge in [-0.25, -0.2) is 0 Å². The number of hydrogen-bond donors (Lipinski definition) is 0. The molecule has 3 heteroatoms. The minimum Gasteiger partial charge on any atom is -0.173 e. The van der Waals surface area contributed by atoms with Crippen LogP contribution in [-0.2, 0) is 6.42 Å². The monoisotopic (exact) mass is 484 g/mol. The number of hydrogen-bond acceptors (Lipinski definition) is 3. The third-order valence-corrected chi connectivity index (χ3v) is 7.76. The van der Waals surface area contributed by atoms with E-state index >= 15 is 0 Å². The Morgan fingerprint density at radius 3 is 1.80 bits per heavy atom. The van der Waals surface area contributed by atoms with Crippen LogP contribution in [0.3, 0.4) is 0 Å². The van der Waals surface area contributed by atoms with Gasteiger partial charge < -0.3 is 0 Å². The van der Waals surface area contributed by atoms with Crippen LogP contribution in [0.25, 0.3) is 11.0 Å². The molecule has 1 aromatic heterocycles. The predicted octanol–water partition coefficient (Wildman–Crippen LogP) is 9.73. The van der Waals surface area contributed by atoms with E-state index in [1.165, 1.54) is 105 Å². The van der Waals surface area contributed by atoms with Crippen LogP contribution in [0.4, 0.5) is 0 Å². The van der Waals surface area contributed by atoms with Crippen LogP contribution in [0.2, 0.25) is 0 Å². The van der Waals surface area contributed by atoms with Crippen molar-refractivity contribution in [1.82, 2.24) is 8.75 Å². The molecule has 2 aromatic rings. The van der Waals surface area contributed by atoms with Gasteiger partial charge in [0.15, 0.2) is 0 Å². The molecule has 1 heterocycles. The third kappa shape index (κ3) is 8.28. The third-order valence-electron chi connectivity index (χ3n) is 7.23. The standard InChI is InChI=1S/C32H40N2S/c1-2-7-11-15-19-23-28(22-18-14-10-6-1)30-25-24-29(31-32(30)34-35-33-31)26-27-20-16-12-8-4-3-5-9-13-17-21-27/h3-5,8-9,12-13,16-17,20-21,24-25,28H,1-2,6-7,10-11,14-15,18-19,22-23,26H2/b4-3-,5-3?,8-4?,9-5-,12-8-,13-9?,16-12?,17-13-,20-16-,21-17?,27-20?,27-21+. The van der Waals surface area contributed by atoms with E-state index in [1.54, 1.807) is 0 Å². The van der Waals surface area contributed by atoms with E-state index in [9.17, 15) is 0 Å². The van der Waals surface area contributed by atoms with Crippen molar-refractivity contribution in [1.29, 1.82) is 0 Å². The fourth-order valence-electron chi connectivity index (χ4n) is 5.26. The first-order valence-corrected chi connectivity index (χ1v) is 14.4. The second-order valence-corrected chi connectivity index (χ2v) is 10.4. The molecule has 1 fully saturated rings. The van der Waals surface area contributed by atoms with Gasteiger partial charge >= 0.3 is 0 Å². The van der Waals surface area contributed by atoms with Gasteiger partial charge in [0.25, 0.3) is 0 Å². The molecule has 4 rings (SSSR count). The number of fused-ring (bicyclic) bond motifs is 1. The van der Waals surface area contributed by atoms with Gasteiger partial charge in [-0.2, -0.15) is 8.75 Å². The predicted molar refractivity (Wildman–Crippen MR) is 153 cm³/mol. The molecular formula is C32H40N2S. The summed E-state index contributed by atoms with van der Waals surface area (Å²) >= 11 is 1.37. The quantitative estimate of drug-likeness (QED) is 0.433. The topological polar surface area (TPSA) is 25.8 Å². The molecule has 0 amide bonds. The Labute approximate surface area is 216 Å². The van der Waals surface area contributed by atoms with Crippen molar-refractivity contribution in [3.05, 3.63) is 95.7 Å². The minimum atomic E-state index is 0.615. The minimum absolute atomic E-state index is 0.615. The van der Waals surface area contributed by atoms with Crippen LogP contribution in [0.15, 0.2) is 84.5 Å². The maximum absolute atomic E-state index is 4.83. The first-order chi connectivity index (χ1) is 17.4. The second-order valence-electron chi connectivity index (χ2n) is 9.90. The Hall–Kier alpha value is -2.52. The number of benzene rings is 1. The Bertz CT molecular complexity index is 1080. The van der Waals surface area contributed by atoms with E-state index in [2.05, 4.69) is 60.7 Å². The lowest BCUT2D eigenvalue weighted by molar-refractivity contribution is 0.502. The highest BCUT2D eigenvalue weighted by atomic mass is 32.1. The molecule has 0 N–H and O–H groups in total. The summed E-state index contributed by atoms with van der Waals surface area (Å²) in [7, 11) is 0. The fraction of sp³-hybridized carbons (Fsp3) is 0.438. The maximum atomic E-state index is 4.83. The Morgan fingerprint density at radius 2 is 1.14 bits per heavy atom. The highest BCUT2D eigenvalue weighted by Crippen LogP contribution is 2.35. The summed E-state index contributed by atoms with van der Waals surface area (Å²) < 4.78 is 9.61. The molecule has 0 aliphatic heterocycles. The van der Waals surface area contributed by atoms with E-state index in [4.69, 9.17) is 8.75 Å². The van der Waals surface area contributed by atoms with E-state index in [0.29, 0.717) is 5.92 Å². The molecule has 0 spiro atoms. The maximum Gasteiger partial charge on any atom is 0.108 e. The summed E-state index contributed by atoms with van der Waals surface area (Å²) in [5, 5.41) is 0. The molecule has 0 radical (unpaired) electrons. The number of aromatic nitrogens is 2. The molecule has 1 saturated carbocycles. The Balaban J connectivity index is 1.54. The van der Waals surface area contributed by atoms with Gasteiger partial charge in [-0.1, -0.05) is 143 Å². The van der Waals surface area contributed by atoms with Gasteiger partial charge in [0, 0.05) is 0 Å². The van der Waals surface area contributed by atoms with Gasteiger partial charge in [-0.15, -0.1) is 0 Å². The lowest BCUT2D eigenvalue weighted by atomic mass is 9.86. The van der Waals surface area contributed by atoms with Crippen molar-refractivity contribution in [3.63, 3.8) is 0 Å². The summed E-state index contributed by atoms with van der Waals surface area (Å²) in [5.41, 5.74) is 6.25. The highest BCUT2D eigenvalue weighted by molar-refractivity contribution is 7.00. The molecule has 35 heavy (non-hydrogen) atoms. The molecule has 0 atom stereocenters. The van der Waals surface area contributed by atoms with Crippen molar-refractivity contribution in [3.8, 4) is 0 Å². The summed E-state index contributed by atoms with van der Waals surface area (Å²) in [4.78, 5) is 0. The van der Waals surface area contributed by atoms with Crippen LogP contribution >= 0.6 is 11.7 Å². The first-order valence-electron chi connectivity index (χ1n) is 13.7. The molecule has 2 aliphatic carbocycles. The lowest BCUT2D eigenvalue weighted by Crippen LogP contribution is -2.02. The number of rotatable bonds is 3. The molecular weight excluding hydrogens is 444 g/mol. The normalized spacial score (nSPS) is 25.4. The molecule has 0 saturated heterocycles. The van der Waals surface area contributed by atoms with Crippen LogP contribution < -0.4 is 0 Å². The van der Waals surface area contributed by atoms with Crippen molar-refractivity contribution in [2.45, 2.75) is 89.4 Å². The van der Waals surface area contributed by atoms with Crippen molar-refractivity contribution < 1.29 is 0 Å². The lowest BCUT2D eigenvalue weighted by Gasteiger charge is -2.18. The zero-order valence-corrected chi connectivity index (χ0v) is 21.9. The summed E-state index contributed by atoms with van der Waals surface area (Å²) in [6.45, 7) is 0. The van der Waals surface area contributed by atoms with E-state index < -0.39 is 0 Å². The zero-order chi connectivity index (χ0) is 24.0. The van der Waals surface area contributed by atoms with Crippen LogP contribution in [0.1, 0.15) is 94.1 Å². The van der Waals surface area contributed by atoms with Crippen LogP contribution in [0.5, 0.6) is 0 Å². The Kier molecular flexibility index (Phi) is 10.8. The molecule has 0 bridgehead atoms. The van der Waals surface area contributed by atoms with Crippen LogP contribution in [0, 0.1) is 0 Å². The van der Waals surface area contributed by atoms with E-state index in [0.717, 1.165) is 17.5 Å². The smallest absolute Gasteiger partial charge is 0.108 e. The summed E-state index contributed by atoms with van der Waals surface area (Å²) in [5.74, 6) is 0.615. The van der Waals surface area contributed by atoms with E-state index in [1.807, 2.05) is 18.2 Å². The molecule has 0 unspecified atom stereocenters. The molecule has 184 valence electrons. The van der Waals surface area contributed by atoms with Gasteiger partial charge in [0.2, 0.25) is 0 Å². The Morgan fingerprint density at radius 1 is 0.600 bits per heavy atom. The van der Waals surface area contributed by atoms with Crippen molar-refractivity contribution in [2.75, 3.05) is 0 Å². The highest BCUT2D eigenvalue weighted by Gasteiger charge is 2.19. The second kappa shape index (κ2) is 14.8. The SMILES string of the molecule is C1=C\C=C/C=C\C(Cc2ccc(C3CCCCCCCCCCCC3)c3nsnc23)=C/C=C\C=C/1. The molecule has 2 nitrogen and oxygen atoms in total.